The minimum Gasteiger partial charge on any atom is -0.490 e. The molecule has 0 heterocycles. The quantitative estimate of drug-likeness (QED) is 0.120. The first-order chi connectivity index (χ1) is 20.1. The van der Waals surface area contributed by atoms with E-state index >= 15 is 13.2 Å². The van der Waals surface area contributed by atoms with Crippen molar-refractivity contribution >= 4 is 7.60 Å². The lowest BCUT2D eigenvalue weighted by molar-refractivity contribution is -0.00701. The van der Waals surface area contributed by atoms with Crippen molar-refractivity contribution in [3.63, 3.8) is 0 Å². The molecule has 4 aliphatic carbocycles. The Balaban J connectivity index is 1.10. The van der Waals surface area contributed by atoms with Gasteiger partial charge in [0, 0.05) is 17.3 Å². The molecule has 232 valence electrons. The molecule has 0 atom stereocenters. The van der Waals surface area contributed by atoms with Crippen molar-refractivity contribution in [3.05, 3.63) is 53.1 Å². The first kappa shape index (κ1) is 31.5. The summed E-state index contributed by atoms with van der Waals surface area (Å²) in [5.74, 6) is -2.99. The van der Waals surface area contributed by atoms with Crippen LogP contribution < -0.4 is 4.74 Å². The van der Waals surface area contributed by atoms with Crippen LogP contribution in [-0.4, -0.2) is 22.6 Å². The molecule has 0 spiro atoms. The van der Waals surface area contributed by atoms with Gasteiger partial charge in [-0.1, -0.05) is 57.1 Å². The van der Waals surface area contributed by atoms with E-state index in [1.807, 2.05) is 0 Å². The topological polar surface area (TPSA) is 66.8 Å². The fraction of sp³-hybridized carbons (Fsp3) is 0.636. The maximum absolute atomic E-state index is 15.6. The smallest absolute Gasteiger partial charge is 0.325 e. The molecule has 0 amide bonds. The van der Waals surface area contributed by atoms with Crippen molar-refractivity contribution in [2.24, 2.45) is 17.8 Å². The van der Waals surface area contributed by atoms with E-state index in [4.69, 9.17) is 14.5 Å². The van der Waals surface area contributed by atoms with Crippen molar-refractivity contribution in [1.29, 1.82) is 0 Å². The Labute approximate surface area is 246 Å². The summed E-state index contributed by atoms with van der Waals surface area (Å²) in [6.07, 6.45) is 14.1. The number of halogens is 4. The maximum atomic E-state index is 15.6. The highest BCUT2D eigenvalue weighted by Crippen LogP contribution is 2.61. The van der Waals surface area contributed by atoms with Gasteiger partial charge in [-0.25, -0.2) is 13.2 Å². The van der Waals surface area contributed by atoms with Crippen LogP contribution in [0, 0.1) is 41.0 Å². The third kappa shape index (κ3) is 7.25. The first-order valence-electron chi connectivity index (χ1n) is 15.7. The molecule has 0 aliphatic heterocycles. The Morgan fingerprint density at radius 1 is 0.667 bits per heavy atom. The van der Waals surface area contributed by atoms with Crippen molar-refractivity contribution in [2.75, 3.05) is 12.8 Å². The molecule has 2 aromatic rings. The van der Waals surface area contributed by atoms with Gasteiger partial charge in [0.05, 0.1) is 6.61 Å². The predicted octanol–water partition coefficient (Wildman–Crippen LogP) is 9.45. The molecule has 4 fully saturated rings. The van der Waals surface area contributed by atoms with E-state index in [9.17, 15) is 8.96 Å². The van der Waals surface area contributed by atoms with Gasteiger partial charge in [0.1, 0.15) is 0 Å². The summed E-state index contributed by atoms with van der Waals surface area (Å²) in [6.45, 7) is 0.223. The number of benzene rings is 2. The van der Waals surface area contributed by atoms with Crippen LogP contribution in [0.3, 0.4) is 0 Å². The largest absolute Gasteiger partial charge is 0.490 e. The molecule has 0 unspecified atom stereocenters. The van der Waals surface area contributed by atoms with Gasteiger partial charge in [-0.2, -0.15) is 4.39 Å². The lowest BCUT2D eigenvalue weighted by Gasteiger charge is -2.57. The molecule has 4 bridgehead atoms. The standard InChI is InChI=1S/C33H43F4O4P/c34-29-25(10-12-27(31(29)36)33-19-22-16-23(20-33)18-24(17-22)21-33)26-11-13-28(32(37)30(26)35)41-14-8-6-4-2-1-3-5-7-9-15-42(38,39)40/h10-13,22-24H,1-9,14-21H2,(H2,38,39,40)/t22-,23?,24?,33-. The van der Waals surface area contributed by atoms with Gasteiger partial charge in [0.25, 0.3) is 0 Å². The Hall–Kier alpha value is -1.89. The minimum atomic E-state index is -3.89. The molecule has 4 saturated carbocycles. The van der Waals surface area contributed by atoms with Gasteiger partial charge >= 0.3 is 7.60 Å². The molecule has 4 aliphatic rings. The second-order valence-corrected chi connectivity index (χ2v) is 14.9. The third-order valence-corrected chi connectivity index (χ3v) is 10.8. The zero-order chi connectivity index (χ0) is 29.9. The van der Waals surface area contributed by atoms with Crippen molar-refractivity contribution in [3.8, 4) is 16.9 Å². The zero-order valence-corrected chi connectivity index (χ0v) is 25.1. The van der Waals surface area contributed by atoms with Gasteiger partial charge in [0.2, 0.25) is 5.82 Å². The number of ether oxygens (including phenoxy) is 1. The number of unbranched alkanes of at least 4 members (excludes halogenated alkanes) is 8. The van der Waals surface area contributed by atoms with E-state index in [2.05, 4.69) is 0 Å². The van der Waals surface area contributed by atoms with E-state index in [-0.39, 0.29) is 35.1 Å². The average molecular weight is 611 g/mol. The van der Waals surface area contributed by atoms with E-state index in [1.54, 1.807) is 6.07 Å². The fourth-order valence-electron chi connectivity index (χ4n) is 8.30. The summed E-state index contributed by atoms with van der Waals surface area (Å²) in [5, 5.41) is 0. The monoisotopic (exact) mass is 610 g/mol. The molecule has 42 heavy (non-hydrogen) atoms. The van der Waals surface area contributed by atoms with Crippen molar-refractivity contribution in [2.45, 2.75) is 102 Å². The second-order valence-electron chi connectivity index (χ2n) is 13.1. The molecule has 0 aromatic heterocycles. The number of rotatable bonds is 15. The molecule has 9 heteroatoms. The van der Waals surface area contributed by atoms with Crippen LogP contribution in [0.25, 0.3) is 11.1 Å². The van der Waals surface area contributed by atoms with Gasteiger partial charge in [-0.3, -0.25) is 4.57 Å². The maximum Gasteiger partial charge on any atom is 0.325 e. The average Bonchev–Trinajstić information content (AvgIpc) is 2.92. The predicted molar refractivity (Wildman–Crippen MR) is 156 cm³/mol. The zero-order valence-electron chi connectivity index (χ0n) is 24.2. The van der Waals surface area contributed by atoms with E-state index < -0.39 is 30.9 Å². The summed E-state index contributed by atoms with van der Waals surface area (Å²) >= 11 is 0. The van der Waals surface area contributed by atoms with Crippen LogP contribution in [0.4, 0.5) is 17.6 Å². The van der Waals surface area contributed by atoms with Crippen LogP contribution in [0.2, 0.25) is 0 Å². The van der Waals surface area contributed by atoms with Crippen LogP contribution in [0.5, 0.6) is 5.75 Å². The lowest BCUT2D eigenvalue weighted by Crippen LogP contribution is -2.49. The van der Waals surface area contributed by atoms with E-state index in [0.29, 0.717) is 36.2 Å². The number of hydrogen-bond donors (Lipinski definition) is 2. The lowest BCUT2D eigenvalue weighted by atomic mass is 9.48. The molecule has 6 rings (SSSR count). The summed E-state index contributed by atoms with van der Waals surface area (Å²) in [4.78, 5) is 17.7. The highest BCUT2D eigenvalue weighted by molar-refractivity contribution is 7.51. The number of hydrogen-bond acceptors (Lipinski definition) is 2. The van der Waals surface area contributed by atoms with Crippen molar-refractivity contribution < 1.29 is 36.7 Å². The van der Waals surface area contributed by atoms with Gasteiger partial charge in [-0.15, -0.1) is 0 Å². The molecule has 4 nitrogen and oxygen atoms in total. The third-order valence-electron chi connectivity index (χ3n) is 9.88. The summed E-state index contributed by atoms with van der Waals surface area (Å²) < 4.78 is 77.2. The minimum absolute atomic E-state index is 0.0513. The van der Waals surface area contributed by atoms with Crippen molar-refractivity contribution in [1.82, 2.24) is 0 Å². The molecule has 0 saturated heterocycles. The Kier molecular flexibility index (Phi) is 10.1. The second kappa shape index (κ2) is 13.4. The molecule has 0 radical (unpaired) electrons. The fourth-order valence-corrected chi connectivity index (χ4v) is 8.93. The normalized spacial score (nSPS) is 24.9. The van der Waals surface area contributed by atoms with Crippen LogP contribution in [0.1, 0.15) is 102 Å². The van der Waals surface area contributed by atoms with Crippen LogP contribution in [0.15, 0.2) is 24.3 Å². The molecule has 2 N–H and O–H groups in total. The van der Waals surface area contributed by atoms with Crippen LogP contribution >= 0.6 is 7.60 Å². The Bertz CT molecular complexity index is 1260. The molecular formula is C33H43F4O4P. The summed E-state index contributed by atoms with van der Waals surface area (Å²) in [6, 6.07) is 5.56. The SMILES string of the molecule is O=P(O)(O)CCCCCCCCCCCOc1ccc(-c2ccc([C@]34CC5CC(C[C@H](C5)C3)C4)c(F)c2F)c(F)c1F. The van der Waals surface area contributed by atoms with E-state index in [1.165, 1.54) is 37.5 Å². The summed E-state index contributed by atoms with van der Waals surface area (Å²) in [5.41, 5.74) is -0.516. The first-order valence-corrected chi connectivity index (χ1v) is 17.5. The van der Waals surface area contributed by atoms with Gasteiger partial charge in [0.15, 0.2) is 23.2 Å². The molecular weight excluding hydrogens is 567 g/mol. The Morgan fingerprint density at radius 2 is 1.14 bits per heavy atom. The summed E-state index contributed by atoms with van der Waals surface area (Å²) in [7, 11) is -3.89. The van der Waals surface area contributed by atoms with Crippen LogP contribution in [-0.2, 0) is 9.98 Å². The van der Waals surface area contributed by atoms with Gasteiger partial charge < -0.3 is 14.5 Å². The van der Waals surface area contributed by atoms with E-state index in [0.717, 1.165) is 64.2 Å². The highest BCUT2D eigenvalue weighted by atomic mass is 31.2. The van der Waals surface area contributed by atoms with Gasteiger partial charge in [-0.05, 0) is 92.2 Å². The molecule has 2 aromatic carbocycles. The highest BCUT2D eigenvalue weighted by Gasteiger charge is 2.52. The Morgan fingerprint density at radius 3 is 1.69 bits per heavy atom.